The summed E-state index contributed by atoms with van der Waals surface area (Å²) >= 11 is 0. The third-order valence-electron chi connectivity index (χ3n) is 4.41. The molecule has 2 aliphatic heterocycles. The number of likely N-dealkylation sites (tertiary alicyclic amines) is 1. The quantitative estimate of drug-likeness (QED) is 0.864. The molecular weight excluding hydrogens is 280 g/mol. The van der Waals surface area contributed by atoms with E-state index in [0.29, 0.717) is 25.3 Å². The lowest BCUT2D eigenvalue weighted by Crippen LogP contribution is -2.42. The molecule has 2 aliphatic rings. The van der Waals surface area contributed by atoms with Gasteiger partial charge in [0.25, 0.3) is 5.91 Å². The van der Waals surface area contributed by atoms with Gasteiger partial charge in [-0.25, -0.2) is 0 Å². The largest absolute Gasteiger partial charge is 0.466 e. The zero-order valence-electron chi connectivity index (χ0n) is 12.9. The van der Waals surface area contributed by atoms with E-state index in [1.165, 1.54) is 11.1 Å². The Balaban J connectivity index is 1.70. The first-order valence-electron chi connectivity index (χ1n) is 7.97. The number of ether oxygens (including phenoxy) is 1. The molecule has 2 heterocycles. The third kappa shape index (κ3) is 2.99. The summed E-state index contributed by atoms with van der Waals surface area (Å²) < 4.78 is 5.09. The highest BCUT2D eigenvalue weighted by atomic mass is 16.5. The van der Waals surface area contributed by atoms with Crippen LogP contribution >= 0.6 is 0 Å². The second-order valence-corrected chi connectivity index (χ2v) is 5.93. The van der Waals surface area contributed by atoms with Crippen molar-refractivity contribution in [2.24, 2.45) is 5.92 Å². The van der Waals surface area contributed by atoms with E-state index in [1.807, 2.05) is 25.1 Å². The van der Waals surface area contributed by atoms with Crippen molar-refractivity contribution in [1.29, 1.82) is 0 Å². The Hall–Kier alpha value is -1.88. The van der Waals surface area contributed by atoms with E-state index in [4.69, 9.17) is 4.74 Å². The molecular formula is C17H22N2O3. The van der Waals surface area contributed by atoms with Crippen LogP contribution in [0.2, 0.25) is 0 Å². The van der Waals surface area contributed by atoms with Gasteiger partial charge in [0.15, 0.2) is 0 Å². The summed E-state index contributed by atoms with van der Waals surface area (Å²) in [6.45, 7) is 5.07. The van der Waals surface area contributed by atoms with Gasteiger partial charge < -0.3 is 15.0 Å². The fourth-order valence-electron chi connectivity index (χ4n) is 3.22. The molecule has 118 valence electrons. The molecule has 3 rings (SSSR count). The Morgan fingerprint density at radius 3 is 2.95 bits per heavy atom. The van der Waals surface area contributed by atoms with Gasteiger partial charge >= 0.3 is 5.97 Å². The highest BCUT2D eigenvalue weighted by Crippen LogP contribution is 2.22. The first-order valence-corrected chi connectivity index (χ1v) is 7.97. The van der Waals surface area contributed by atoms with E-state index in [2.05, 4.69) is 5.32 Å². The van der Waals surface area contributed by atoms with Crippen LogP contribution in [-0.2, 0) is 22.6 Å². The number of carbonyl (C=O) groups excluding carboxylic acids is 2. The Kier molecular flexibility index (Phi) is 4.43. The van der Waals surface area contributed by atoms with Gasteiger partial charge in [-0.2, -0.15) is 0 Å². The van der Waals surface area contributed by atoms with Gasteiger partial charge in [0, 0.05) is 31.7 Å². The fraction of sp³-hybridized carbons (Fsp3) is 0.529. The van der Waals surface area contributed by atoms with Crippen molar-refractivity contribution < 1.29 is 14.3 Å². The van der Waals surface area contributed by atoms with Crippen molar-refractivity contribution in [1.82, 2.24) is 10.2 Å². The molecule has 5 nitrogen and oxygen atoms in total. The molecule has 0 saturated carbocycles. The van der Waals surface area contributed by atoms with E-state index in [-0.39, 0.29) is 17.8 Å². The summed E-state index contributed by atoms with van der Waals surface area (Å²) in [6, 6.07) is 5.89. The summed E-state index contributed by atoms with van der Waals surface area (Å²) in [6.07, 6.45) is 1.65. The minimum atomic E-state index is -0.186. The van der Waals surface area contributed by atoms with E-state index < -0.39 is 0 Å². The van der Waals surface area contributed by atoms with E-state index in [0.717, 1.165) is 25.9 Å². The molecule has 1 saturated heterocycles. The third-order valence-corrected chi connectivity index (χ3v) is 4.41. The molecule has 0 aromatic heterocycles. The zero-order valence-corrected chi connectivity index (χ0v) is 12.9. The number of nitrogens with one attached hydrogen (secondary N) is 1. The molecule has 1 aromatic rings. The SMILES string of the molecule is CCOC(=O)C1CCCN(C(=O)c2ccc3c(c2)CNC3)C1. The van der Waals surface area contributed by atoms with Crippen LogP contribution < -0.4 is 5.32 Å². The van der Waals surface area contributed by atoms with Crippen LogP contribution in [0.1, 0.15) is 41.3 Å². The minimum Gasteiger partial charge on any atom is -0.466 e. The van der Waals surface area contributed by atoms with Gasteiger partial charge in [0.05, 0.1) is 12.5 Å². The Morgan fingerprint density at radius 2 is 2.14 bits per heavy atom. The minimum absolute atomic E-state index is 0.0173. The highest BCUT2D eigenvalue weighted by Gasteiger charge is 2.30. The fourth-order valence-corrected chi connectivity index (χ4v) is 3.22. The lowest BCUT2D eigenvalue weighted by molar-refractivity contribution is -0.149. The summed E-state index contributed by atoms with van der Waals surface area (Å²) in [4.78, 5) is 26.4. The molecule has 1 atom stereocenters. The summed E-state index contributed by atoms with van der Waals surface area (Å²) in [5, 5.41) is 3.28. The number of benzene rings is 1. The monoisotopic (exact) mass is 302 g/mol. The van der Waals surface area contributed by atoms with Crippen LogP contribution in [0.5, 0.6) is 0 Å². The highest BCUT2D eigenvalue weighted by molar-refractivity contribution is 5.95. The number of amides is 1. The number of hydrogen-bond acceptors (Lipinski definition) is 4. The van der Waals surface area contributed by atoms with Crippen LogP contribution in [0, 0.1) is 5.92 Å². The molecule has 0 bridgehead atoms. The summed E-state index contributed by atoms with van der Waals surface area (Å²) in [5.41, 5.74) is 3.18. The molecule has 1 unspecified atom stereocenters. The van der Waals surface area contributed by atoms with Gasteiger partial charge in [-0.15, -0.1) is 0 Å². The van der Waals surface area contributed by atoms with Crippen molar-refractivity contribution in [3.8, 4) is 0 Å². The van der Waals surface area contributed by atoms with Crippen LogP contribution in [0.3, 0.4) is 0 Å². The number of nitrogens with zero attached hydrogens (tertiary/aromatic N) is 1. The maximum Gasteiger partial charge on any atom is 0.310 e. The van der Waals surface area contributed by atoms with Crippen molar-refractivity contribution in [2.45, 2.75) is 32.9 Å². The molecule has 1 amide bonds. The molecule has 1 fully saturated rings. The Bertz CT molecular complexity index is 585. The Labute approximate surface area is 130 Å². The van der Waals surface area contributed by atoms with Crippen molar-refractivity contribution >= 4 is 11.9 Å². The smallest absolute Gasteiger partial charge is 0.310 e. The van der Waals surface area contributed by atoms with Crippen LogP contribution in [0.15, 0.2) is 18.2 Å². The second-order valence-electron chi connectivity index (χ2n) is 5.93. The van der Waals surface area contributed by atoms with Crippen molar-refractivity contribution in [2.75, 3.05) is 19.7 Å². The molecule has 1 aromatic carbocycles. The lowest BCUT2D eigenvalue weighted by atomic mass is 9.97. The number of piperidine rings is 1. The van der Waals surface area contributed by atoms with E-state index >= 15 is 0 Å². The van der Waals surface area contributed by atoms with Crippen LogP contribution in [0.25, 0.3) is 0 Å². The lowest BCUT2D eigenvalue weighted by Gasteiger charge is -2.31. The Morgan fingerprint density at radius 1 is 1.32 bits per heavy atom. The molecule has 0 radical (unpaired) electrons. The van der Waals surface area contributed by atoms with Crippen molar-refractivity contribution in [3.63, 3.8) is 0 Å². The van der Waals surface area contributed by atoms with Gasteiger partial charge in [-0.3, -0.25) is 9.59 Å². The number of fused-ring (bicyclic) bond motifs is 1. The average molecular weight is 302 g/mol. The standard InChI is InChI=1S/C17H22N2O3/c1-2-22-17(21)14-4-3-7-19(11-14)16(20)12-5-6-13-9-18-10-15(13)8-12/h5-6,8,14,18H,2-4,7,9-11H2,1H3. The molecule has 22 heavy (non-hydrogen) atoms. The number of hydrogen-bond donors (Lipinski definition) is 1. The zero-order chi connectivity index (χ0) is 15.5. The first-order chi connectivity index (χ1) is 10.7. The van der Waals surface area contributed by atoms with Crippen LogP contribution in [-0.4, -0.2) is 36.5 Å². The van der Waals surface area contributed by atoms with Crippen molar-refractivity contribution in [3.05, 3.63) is 34.9 Å². The van der Waals surface area contributed by atoms with Gasteiger partial charge in [-0.1, -0.05) is 6.07 Å². The normalized spacial score (nSPS) is 20.6. The van der Waals surface area contributed by atoms with Gasteiger partial charge in [0.2, 0.25) is 0 Å². The second kappa shape index (κ2) is 6.48. The topological polar surface area (TPSA) is 58.6 Å². The number of esters is 1. The van der Waals surface area contributed by atoms with Gasteiger partial charge in [0.1, 0.15) is 0 Å². The number of carbonyl (C=O) groups is 2. The molecule has 0 aliphatic carbocycles. The molecule has 1 N–H and O–H groups in total. The summed E-state index contributed by atoms with van der Waals surface area (Å²) in [7, 11) is 0. The van der Waals surface area contributed by atoms with Gasteiger partial charge in [-0.05, 0) is 43.0 Å². The predicted molar refractivity (Wildman–Crippen MR) is 82.2 cm³/mol. The molecule has 5 heteroatoms. The maximum atomic E-state index is 12.7. The van der Waals surface area contributed by atoms with E-state index in [1.54, 1.807) is 4.90 Å². The average Bonchev–Trinajstić information content (AvgIpc) is 3.02. The first kappa shape index (κ1) is 15.0. The summed E-state index contributed by atoms with van der Waals surface area (Å²) in [5.74, 6) is -0.351. The predicted octanol–water partition coefficient (Wildman–Crippen LogP) is 1.71. The number of rotatable bonds is 3. The van der Waals surface area contributed by atoms with Crippen LogP contribution in [0.4, 0.5) is 0 Å². The van der Waals surface area contributed by atoms with E-state index in [9.17, 15) is 9.59 Å². The molecule has 0 spiro atoms. The maximum absolute atomic E-state index is 12.7.